The van der Waals surface area contributed by atoms with Crippen LogP contribution in [0.4, 0.5) is 0 Å². The smallest absolute Gasteiger partial charge is 0.323 e. The molecule has 1 saturated carbocycles. The molecular weight excluding hydrogens is 254 g/mol. The molecule has 2 rings (SSSR count). The first-order valence-corrected chi connectivity index (χ1v) is 7.81. The fraction of sp³-hybridized carbons (Fsp3) is 0.933. The lowest BCUT2D eigenvalue weighted by atomic mass is 9.85. The fourth-order valence-electron chi connectivity index (χ4n) is 3.87. The van der Waals surface area contributed by atoms with Gasteiger partial charge in [-0.15, -0.1) is 0 Å². The molecule has 0 aromatic rings. The van der Waals surface area contributed by atoms with Crippen LogP contribution in [-0.2, 0) is 4.79 Å². The van der Waals surface area contributed by atoms with Gasteiger partial charge in [0, 0.05) is 13.1 Å². The zero-order chi connectivity index (χ0) is 14.8. The first-order valence-electron chi connectivity index (χ1n) is 7.81. The molecule has 1 aliphatic carbocycles. The van der Waals surface area contributed by atoms with Crippen LogP contribution < -0.4 is 5.73 Å². The topological polar surface area (TPSA) is 69.8 Å². The van der Waals surface area contributed by atoms with Crippen LogP contribution in [0.5, 0.6) is 0 Å². The van der Waals surface area contributed by atoms with Gasteiger partial charge in [-0.2, -0.15) is 0 Å². The number of carboxylic acids is 1. The highest BCUT2D eigenvalue weighted by atomic mass is 16.4. The number of aliphatic carboxylic acids is 1. The van der Waals surface area contributed by atoms with Crippen molar-refractivity contribution < 1.29 is 9.90 Å². The first-order chi connectivity index (χ1) is 9.41. The minimum Gasteiger partial charge on any atom is -0.480 e. The third-order valence-electron chi connectivity index (χ3n) is 5.19. The van der Waals surface area contributed by atoms with Gasteiger partial charge >= 0.3 is 5.97 Å². The second kappa shape index (κ2) is 6.41. The van der Waals surface area contributed by atoms with Crippen LogP contribution in [0.2, 0.25) is 0 Å². The van der Waals surface area contributed by atoms with Crippen molar-refractivity contribution in [2.24, 2.45) is 17.6 Å². The Morgan fingerprint density at radius 1 is 1.50 bits per heavy atom. The van der Waals surface area contributed by atoms with E-state index in [1.165, 1.54) is 19.5 Å². The summed E-state index contributed by atoms with van der Waals surface area (Å²) >= 11 is 0. The molecule has 1 saturated heterocycles. The average Bonchev–Trinajstić information content (AvgIpc) is 2.94. The molecular formula is C15H29N3O2. The summed E-state index contributed by atoms with van der Waals surface area (Å²) in [5.41, 5.74) is 5.11. The number of nitrogens with zero attached hydrogens (tertiary/aromatic N) is 2. The minimum atomic E-state index is -0.978. The fourth-order valence-corrected chi connectivity index (χ4v) is 3.87. The van der Waals surface area contributed by atoms with Crippen molar-refractivity contribution in [1.29, 1.82) is 0 Å². The van der Waals surface area contributed by atoms with Crippen molar-refractivity contribution in [2.75, 3.05) is 40.3 Å². The van der Waals surface area contributed by atoms with Gasteiger partial charge in [0.2, 0.25) is 0 Å². The van der Waals surface area contributed by atoms with Crippen molar-refractivity contribution in [2.45, 2.75) is 37.6 Å². The van der Waals surface area contributed by atoms with E-state index < -0.39 is 11.5 Å². The largest absolute Gasteiger partial charge is 0.480 e. The van der Waals surface area contributed by atoms with E-state index in [1.807, 2.05) is 0 Å². The summed E-state index contributed by atoms with van der Waals surface area (Å²) in [5.74, 6) is 0.0736. The molecule has 0 aromatic carbocycles. The molecule has 0 amide bonds. The Kier molecular flexibility index (Phi) is 5.04. The van der Waals surface area contributed by atoms with Crippen molar-refractivity contribution in [3.05, 3.63) is 0 Å². The predicted molar refractivity (Wildman–Crippen MR) is 79.6 cm³/mol. The quantitative estimate of drug-likeness (QED) is 0.756. The molecule has 2 fully saturated rings. The Morgan fingerprint density at radius 2 is 2.25 bits per heavy atom. The van der Waals surface area contributed by atoms with Crippen LogP contribution in [-0.4, -0.2) is 66.7 Å². The summed E-state index contributed by atoms with van der Waals surface area (Å²) < 4.78 is 0. The highest BCUT2D eigenvalue weighted by molar-refractivity contribution is 5.79. The third kappa shape index (κ3) is 3.51. The van der Waals surface area contributed by atoms with E-state index in [4.69, 9.17) is 5.73 Å². The van der Waals surface area contributed by atoms with E-state index in [0.717, 1.165) is 38.3 Å². The number of carbonyl (C=O) groups is 1. The Labute approximate surface area is 122 Å². The SMILES string of the molecule is CN1CCC(CN(C)CCC2CCCC2(N)C(=O)O)C1. The molecule has 0 spiro atoms. The Bertz CT molecular complexity index is 350. The van der Waals surface area contributed by atoms with Crippen molar-refractivity contribution in [1.82, 2.24) is 9.80 Å². The monoisotopic (exact) mass is 283 g/mol. The molecule has 0 aromatic heterocycles. The number of hydrogen-bond acceptors (Lipinski definition) is 4. The Balaban J connectivity index is 1.75. The molecule has 0 radical (unpaired) electrons. The second-order valence-corrected chi connectivity index (χ2v) is 6.90. The lowest BCUT2D eigenvalue weighted by Crippen LogP contribution is -2.51. The van der Waals surface area contributed by atoms with E-state index in [9.17, 15) is 9.90 Å². The summed E-state index contributed by atoms with van der Waals surface area (Å²) in [5, 5.41) is 9.32. The van der Waals surface area contributed by atoms with Crippen molar-refractivity contribution in [3.63, 3.8) is 0 Å². The van der Waals surface area contributed by atoms with Gasteiger partial charge in [-0.25, -0.2) is 0 Å². The minimum absolute atomic E-state index is 0.133. The molecule has 1 aliphatic heterocycles. The summed E-state index contributed by atoms with van der Waals surface area (Å²) in [4.78, 5) is 16.1. The number of rotatable bonds is 6. The van der Waals surface area contributed by atoms with Gasteiger partial charge in [-0.3, -0.25) is 4.79 Å². The first kappa shape index (κ1) is 15.7. The van der Waals surface area contributed by atoms with Gasteiger partial charge in [0.15, 0.2) is 0 Å². The lowest BCUT2D eigenvalue weighted by molar-refractivity contribution is -0.144. The number of carboxylic acid groups (broad SMARTS) is 1. The van der Waals surface area contributed by atoms with Crippen molar-refractivity contribution >= 4 is 5.97 Å². The lowest BCUT2D eigenvalue weighted by Gasteiger charge is -2.29. The van der Waals surface area contributed by atoms with E-state index in [0.29, 0.717) is 6.42 Å². The van der Waals surface area contributed by atoms with Crippen LogP contribution in [0.25, 0.3) is 0 Å². The molecule has 1 heterocycles. The molecule has 5 heteroatoms. The van der Waals surface area contributed by atoms with Gasteiger partial charge in [0.1, 0.15) is 5.54 Å². The maximum absolute atomic E-state index is 11.3. The average molecular weight is 283 g/mol. The van der Waals surface area contributed by atoms with Crippen LogP contribution in [0, 0.1) is 11.8 Å². The highest BCUT2D eigenvalue weighted by Crippen LogP contribution is 2.36. The maximum atomic E-state index is 11.3. The predicted octanol–water partition coefficient (Wildman–Crippen LogP) is 0.842. The molecule has 116 valence electrons. The van der Waals surface area contributed by atoms with Gasteiger partial charge in [-0.1, -0.05) is 6.42 Å². The maximum Gasteiger partial charge on any atom is 0.323 e. The Hall–Kier alpha value is -0.650. The zero-order valence-electron chi connectivity index (χ0n) is 12.8. The molecule has 3 unspecified atom stereocenters. The summed E-state index contributed by atoms with van der Waals surface area (Å²) in [7, 11) is 4.32. The number of nitrogens with two attached hydrogens (primary N) is 1. The van der Waals surface area contributed by atoms with Gasteiger partial charge in [-0.05, 0) is 64.7 Å². The van der Waals surface area contributed by atoms with Gasteiger partial charge in [0.05, 0.1) is 0 Å². The molecule has 5 nitrogen and oxygen atoms in total. The number of likely N-dealkylation sites (tertiary alicyclic amines) is 1. The summed E-state index contributed by atoms with van der Waals surface area (Å²) in [6.07, 6.45) is 4.72. The van der Waals surface area contributed by atoms with Crippen LogP contribution >= 0.6 is 0 Å². The zero-order valence-corrected chi connectivity index (χ0v) is 12.8. The van der Waals surface area contributed by atoms with E-state index in [1.54, 1.807) is 0 Å². The van der Waals surface area contributed by atoms with Crippen LogP contribution in [0.3, 0.4) is 0 Å². The second-order valence-electron chi connectivity index (χ2n) is 6.90. The van der Waals surface area contributed by atoms with E-state index in [-0.39, 0.29) is 5.92 Å². The van der Waals surface area contributed by atoms with Crippen LogP contribution in [0.1, 0.15) is 32.1 Å². The van der Waals surface area contributed by atoms with Crippen molar-refractivity contribution in [3.8, 4) is 0 Å². The standard InChI is InChI=1S/C15H29N3O2/c1-17-8-5-12(10-17)11-18(2)9-6-13-4-3-7-15(13,16)14(19)20/h12-13H,3-11,16H2,1-2H3,(H,19,20). The molecule has 2 aliphatic rings. The summed E-state index contributed by atoms with van der Waals surface area (Å²) in [6, 6.07) is 0. The van der Waals surface area contributed by atoms with Gasteiger partial charge in [0.25, 0.3) is 0 Å². The molecule has 20 heavy (non-hydrogen) atoms. The van der Waals surface area contributed by atoms with E-state index in [2.05, 4.69) is 23.9 Å². The Morgan fingerprint density at radius 3 is 2.85 bits per heavy atom. The molecule has 0 bridgehead atoms. The molecule has 3 N–H and O–H groups in total. The normalized spacial score (nSPS) is 35.0. The van der Waals surface area contributed by atoms with Gasteiger partial charge < -0.3 is 20.6 Å². The molecule has 3 atom stereocenters. The van der Waals surface area contributed by atoms with E-state index >= 15 is 0 Å². The highest BCUT2D eigenvalue weighted by Gasteiger charge is 2.45. The summed E-state index contributed by atoms with van der Waals surface area (Å²) in [6.45, 7) is 4.45. The third-order valence-corrected chi connectivity index (χ3v) is 5.19. The number of hydrogen-bond donors (Lipinski definition) is 2. The van der Waals surface area contributed by atoms with Crippen LogP contribution in [0.15, 0.2) is 0 Å².